The van der Waals surface area contributed by atoms with Crippen LogP contribution in [0, 0.1) is 0 Å². The summed E-state index contributed by atoms with van der Waals surface area (Å²) >= 11 is 0. The Labute approximate surface area is 238 Å². The first kappa shape index (κ1) is 33.1. The number of hydrogen-bond donors (Lipinski definition) is 3. The van der Waals surface area contributed by atoms with Crippen LogP contribution >= 0.6 is 0 Å². The van der Waals surface area contributed by atoms with E-state index in [-0.39, 0.29) is 29.6 Å². The second kappa shape index (κ2) is 20.7. The third-order valence-electron chi connectivity index (χ3n) is 7.13. The van der Waals surface area contributed by atoms with Gasteiger partial charge in [-0.25, -0.2) is 0 Å². The first-order valence-electron chi connectivity index (χ1n) is 15.2. The molecule has 1 amide bonds. The molecule has 0 spiro atoms. The topological polar surface area (TPSA) is 95.9 Å². The van der Waals surface area contributed by atoms with Crippen molar-refractivity contribution in [2.24, 2.45) is 0 Å². The average Bonchev–Trinajstić information content (AvgIpc) is 2.94. The van der Waals surface area contributed by atoms with Crippen LogP contribution in [0.1, 0.15) is 114 Å². The largest absolute Gasteiger partial charge is 0.506 e. The number of phenols is 1. The van der Waals surface area contributed by atoms with Gasteiger partial charge in [0.1, 0.15) is 11.5 Å². The Bertz CT molecular complexity index is 980. The summed E-state index contributed by atoms with van der Waals surface area (Å²) in [4.78, 5) is 12.9. The summed E-state index contributed by atoms with van der Waals surface area (Å²) in [5.41, 5.74) is 0.206. The van der Waals surface area contributed by atoms with Crippen molar-refractivity contribution in [2.45, 2.75) is 103 Å². The Morgan fingerprint density at radius 1 is 0.821 bits per heavy atom. The quantitative estimate of drug-likeness (QED) is 0.124. The van der Waals surface area contributed by atoms with E-state index in [9.17, 15) is 14.1 Å². The third-order valence-corrected chi connectivity index (χ3v) is 8.51. The second-order valence-corrected chi connectivity index (χ2v) is 12.1. The zero-order valence-electron chi connectivity index (χ0n) is 24.1. The predicted octanol–water partition coefficient (Wildman–Crippen LogP) is 7.27. The number of ether oxygens (including phenoxy) is 1. The van der Waals surface area contributed by atoms with Gasteiger partial charge in [0.15, 0.2) is 0 Å². The van der Waals surface area contributed by atoms with Crippen molar-refractivity contribution < 1.29 is 24.0 Å². The van der Waals surface area contributed by atoms with Crippen LogP contribution < -0.4 is 10.1 Å². The lowest BCUT2D eigenvalue weighted by Gasteiger charge is -2.14. The summed E-state index contributed by atoms with van der Waals surface area (Å²) in [6.45, 7) is 3.09. The van der Waals surface area contributed by atoms with E-state index in [0.29, 0.717) is 36.5 Å². The molecule has 0 aliphatic carbocycles. The SMILES string of the molecule is CCCCCCCCCCCCCCCCNC(=O)c1cc(OCCCS(=O)CCO)c2ccccc2c1O. The summed E-state index contributed by atoms with van der Waals surface area (Å²) in [5, 5.41) is 23.9. The number of hydrogen-bond acceptors (Lipinski definition) is 5. The molecule has 3 N–H and O–H groups in total. The number of carbonyl (C=O) groups is 1. The number of rotatable bonds is 23. The summed E-state index contributed by atoms with van der Waals surface area (Å²) in [5.74, 6) is 0.898. The first-order valence-corrected chi connectivity index (χ1v) is 16.7. The van der Waals surface area contributed by atoms with Crippen LogP contribution in [0.5, 0.6) is 11.5 Å². The smallest absolute Gasteiger partial charge is 0.255 e. The fourth-order valence-corrected chi connectivity index (χ4v) is 5.69. The van der Waals surface area contributed by atoms with Crippen molar-refractivity contribution >= 4 is 27.5 Å². The van der Waals surface area contributed by atoms with Crippen molar-refractivity contribution in [3.63, 3.8) is 0 Å². The summed E-state index contributed by atoms with van der Waals surface area (Å²) in [6.07, 6.45) is 18.7. The van der Waals surface area contributed by atoms with Gasteiger partial charge in [-0.05, 0) is 18.9 Å². The predicted molar refractivity (Wildman–Crippen MR) is 163 cm³/mol. The zero-order chi connectivity index (χ0) is 28.1. The normalized spacial score (nSPS) is 12.1. The van der Waals surface area contributed by atoms with Gasteiger partial charge >= 0.3 is 0 Å². The minimum absolute atomic E-state index is 0.0412. The number of amides is 1. The number of unbranched alkanes of at least 4 members (excludes halogenated alkanes) is 13. The lowest BCUT2D eigenvalue weighted by molar-refractivity contribution is 0.0950. The number of aliphatic hydroxyl groups excluding tert-OH is 1. The van der Waals surface area contributed by atoms with Crippen molar-refractivity contribution in [1.29, 1.82) is 0 Å². The molecule has 0 saturated carbocycles. The Morgan fingerprint density at radius 3 is 1.97 bits per heavy atom. The maximum Gasteiger partial charge on any atom is 0.255 e. The van der Waals surface area contributed by atoms with Gasteiger partial charge in [0.25, 0.3) is 5.91 Å². The molecule has 0 aliphatic rings. The third kappa shape index (κ3) is 13.2. The molecule has 6 nitrogen and oxygen atoms in total. The molecule has 0 saturated heterocycles. The molecule has 39 heavy (non-hydrogen) atoms. The Kier molecular flexibility index (Phi) is 17.6. The monoisotopic (exact) mass is 561 g/mol. The van der Waals surface area contributed by atoms with Gasteiger partial charge in [-0.1, -0.05) is 115 Å². The van der Waals surface area contributed by atoms with Crippen LogP contribution in [0.4, 0.5) is 0 Å². The highest BCUT2D eigenvalue weighted by Gasteiger charge is 2.17. The molecule has 2 rings (SSSR count). The highest BCUT2D eigenvalue weighted by atomic mass is 32.2. The fraction of sp³-hybridized carbons (Fsp3) is 0.656. The molecule has 0 radical (unpaired) electrons. The first-order chi connectivity index (χ1) is 19.1. The van der Waals surface area contributed by atoms with Crippen LogP contribution in [0.25, 0.3) is 10.8 Å². The molecule has 2 aromatic carbocycles. The summed E-state index contributed by atoms with van der Waals surface area (Å²) in [6, 6.07) is 8.91. The molecule has 7 heteroatoms. The van der Waals surface area contributed by atoms with E-state index in [4.69, 9.17) is 9.84 Å². The van der Waals surface area contributed by atoms with Crippen LogP contribution in [0.3, 0.4) is 0 Å². The molecule has 1 atom stereocenters. The van der Waals surface area contributed by atoms with Gasteiger partial charge in [0, 0.05) is 39.6 Å². The maximum absolute atomic E-state index is 12.9. The Balaban J connectivity index is 1.68. The second-order valence-electron chi connectivity index (χ2n) is 10.4. The average molecular weight is 562 g/mol. The molecular weight excluding hydrogens is 510 g/mol. The number of phenolic OH excluding ortho intramolecular Hbond substituents is 1. The minimum Gasteiger partial charge on any atom is -0.506 e. The molecule has 0 aromatic heterocycles. The van der Waals surface area contributed by atoms with E-state index >= 15 is 0 Å². The van der Waals surface area contributed by atoms with Gasteiger partial charge in [-0.15, -0.1) is 0 Å². The molecule has 0 fully saturated rings. The number of fused-ring (bicyclic) bond motifs is 1. The van der Waals surface area contributed by atoms with Gasteiger partial charge in [-0.2, -0.15) is 0 Å². The van der Waals surface area contributed by atoms with Crippen molar-refractivity contribution in [2.75, 3.05) is 31.3 Å². The Morgan fingerprint density at radius 2 is 1.38 bits per heavy atom. The van der Waals surface area contributed by atoms with E-state index in [0.717, 1.165) is 18.2 Å². The van der Waals surface area contributed by atoms with Crippen LogP contribution in [-0.4, -0.2) is 51.6 Å². The van der Waals surface area contributed by atoms with Gasteiger partial charge in [0.05, 0.1) is 18.8 Å². The molecule has 2 aromatic rings. The molecular formula is C32H51NO5S. The lowest BCUT2D eigenvalue weighted by Crippen LogP contribution is -2.24. The van der Waals surface area contributed by atoms with Crippen molar-refractivity contribution in [3.05, 3.63) is 35.9 Å². The highest BCUT2D eigenvalue weighted by molar-refractivity contribution is 7.84. The molecule has 0 aliphatic heterocycles. The molecule has 0 heterocycles. The molecule has 220 valence electrons. The van der Waals surface area contributed by atoms with E-state index in [2.05, 4.69) is 12.2 Å². The lowest BCUT2D eigenvalue weighted by atomic mass is 10.0. The standard InChI is InChI=1S/C32H51NO5S/c1-2-3-4-5-6-7-8-9-10-11-12-13-14-17-21-33-32(36)29-26-30(38-23-18-24-39(37)25-22-34)27-19-15-16-20-28(27)31(29)35/h15-16,19-20,26,34-35H,2-14,17-18,21-25H2,1H3,(H,33,36). The zero-order valence-corrected chi connectivity index (χ0v) is 24.9. The summed E-state index contributed by atoms with van der Waals surface area (Å²) in [7, 11) is -1.07. The van der Waals surface area contributed by atoms with Gasteiger partial charge in [0.2, 0.25) is 0 Å². The molecule has 0 bridgehead atoms. The molecule has 1 unspecified atom stereocenters. The van der Waals surface area contributed by atoms with E-state index in [1.807, 2.05) is 18.2 Å². The summed E-state index contributed by atoms with van der Waals surface area (Å²) < 4.78 is 17.7. The highest BCUT2D eigenvalue weighted by Crippen LogP contribution is 2.36. The van der Waals surface area contributed by atoms with E-state index in [1.54, 1.807) is 12.1 Å². The fourth-order valence-electron chi connectivity index (χ4n) is 4.84. The van der Waals surface area contributed by atoms with Gasteiger partial charge < -0.3 is 20.3 Å². The van der Waals surface area contributed by atoms with Crippen molar-refractivity contribution in [1.82, 2.24) is 5.32 Å². The van der Waals surface area contributed by atoms with Crippen molar-refractivity contribution in [3.8, 4) is 11.5 Å². The van der Waals surface area contributed by atoms with E-state index in [1.165, 1.54) is 77.0 Å². The number of benzene rings is 2. The maximum atomic E-state index is 12.9. The van der Waals surface area contributed by atoms with Crippen LogP contribution in [-0.2, 0) is 10.8 Å². The van der Waals surface area contributed by atoms with Crippen LogP contribution in [0.15, 0.2) is 30.3 Å². The number of aliphatic hydroxyl groups is 1. The van der Waals surface area contributed by atoms with E-state index < -0.39 is 10.8 Å². The van der Waals surface area contributed by atoms with Gasteiger partial charge in [-0.3, -0.25) is 9.00 Å². The van der Waals surface area contributed by atoms with Crippen LogP contribution in [0.2, 0.25) is 0 Å². The minimum atomic E-state index is -1.07. The Hall–Kier alpha value is -2.12. The number of nitrogens with one attached hydrogen (secondary N) is 1. The number of carbonyl (C=O) groups excluding carboxylic acids is 1. The number of aromatic hydroxyl groups is 1.